The van der Waals surface area contributed by atoms with Crippen molar-refractivity contribution in [3.05, 3.63) is 47.5 Å². The van der Waals surface area contributed by atoms with Crippen molar-refractivity contribution in [2.24, 2.45) is 0 Å². The van der Waals surface area contributed by atoms with Gasteiger partial charge in [-0.1, -0.05) is 50.6 Å². The van der Waals surface area contributed by atoms with Gasteiger partial charge in [-0.3, -0.25) is 0 Å². The Bertz CT molecular complexity index is 431. The minimum Gasteiger partial charge on any atom is -0.417 e. The molecule has 0 aromatic heterocycles. The third-order valence-electron chi connectivity index (χ3n) is 4.28. The van der Waals surface area contributed by atoms with Crippen molar-refractivity contribution in [2.45, 2.75) is 51.2 Å². The average Bonchev–Trinajstić information content (AvgIpc) is 2.34. The molecule has 0 saturated carbocycles. The highest BCUT2D eigenvalue weighted by molar-refractivity contribution is 6.74. The Kier molecular flexibility index (Phi) is 6.05. The average molecular weight is 311 g/mol. The lowest BCUT2D eigenvalue weighted by Crippen LogP contribution is -2.41. The zero-order valence-electron chi connectivity index (χ0n) is 13.4. The molecule has 20 heavy (non-hydrogen) atoms. The van der Waals surface area contributed by atoms with Crippen molar-refractivity contribution in [1.82, 2.24) is 0 Å². The number of hydrogen-bond donors (Lipinski definition) is 0. The summed E-state index contributed by atoms with van der Waals surface area (Å²) in [6, 6.07) is 8.01. The van der Waals surface area contributed by atoms with E-state index in [-0.39, 0.29) is 5.04 Å². The zero-order chi connectivity index (χ0) is 15.4. The van der Waals surface area contributed by atoms with E-state index in [1.54, 1.807) is 0 Å². The molecule has 1 atom stereocenters. The fourth-order valence-electron chi connectivity index (χ4n) is 1.79. The van der Waals surface area contributed by atoms with E-state index >= 15 is 0 Å². The Balaban J connectivity index is 2.59. The maximum absolute atomic E-state index is 6.24. The molecule has 1 unspecified atom stereocenters. The van der Waals surface area contributed by atoms with Crippen LogP contribution in [-0.4, -0.2) is 14.9 Å². The summed E-state index contributed by atoms with van der Waals surface area (Å²) in [6.07, 6.45) is 2.97. The molecule has 1 aromatic carbocycles. The first-order valence-corrected chi connectivity index (χ1v) is 10.5. The molecule has 0 radical (unpaired) electrons. The quantitative estimate of drug-likeness (QED) is 0.461. The molecule has 0 bridgehead atoms. The monoisotopic (exact) mass is 310 g/mol. The lowest BCUT2D eigenvalue weighted by atomic mass is 9.96. The second-order valence-electron chi connectivity index (χ2n) is 6.79. The van der Waals surface area contributed by atoms with Gasteiger partial charge in [0.15, 0.2) is 8.32 Å². The first-order chi connectivity index (χ1) is 9.17. The molecule has 1 rings (SSSR count). The van der Waals surface area contributed by atoms with Crippen molar-refractivity contribution in [3.8, 4) is 0 Å². The molecule has 0 spiro atoms. The minimum absolute atomic E-state index is 0.261. The number of hydrogen-bond acceptors (Lipinski definition) is 1. The van der Waals surface area contributed by atoms with E-state index in [0.29, 0.717) is 5.92 Å². The molecule has 0 saturated heterocycles. The Labute approximate surface area is 130 Å². The van der Waals surface area contributed by atoms with Gasteiger partial charge in [-0.2, -0.15) is 0 Å². The topological polar surface area (TPSA) is 9.23 Å². The number of allylic oxidation sites excluding steroid dienone is 1. The lowest BCUT2D eigenvalue weighted by Gasteiger charge is -2.36. The Hall–Kier alpha value is -0.573. The van der Waals surface area contributed by atoms with E-state index in [4.69, 9.17) is 16.0 Å². The van der Waals surface area contributed by atoms with Crippen LogP contribution >= 0.6 is 11.6 Å². The van der Waals surface area contributed by atoms with Crippen molar-refractivity contribution >= 4 is 19.9 Å². The summed E-state index contributed by atoms with van der Waals surface area (Å²) in [5.41, 5.74) is 1.25. The Morgan fingerprint density at radius 2 is 1.80 bits per heavy atom. The van der Waals surface area contributed by atoms with Gasteiger partial charge in [-0.25, -0.2) is 0 Å². The van der Waals surface area contributed by atoms with Crippen molar-refractivity contribution in [1.29, 1.82) is 0 Å². The van der Waals surface area contributed by atoms with Gasteiger partial charge in [0.25, 0.3) is 0 Å². The maximum Gasteiger partial charge on any atom is 0.191 e. The third-order valence-corrected chi connectivity index (χ3v) is 9.07. The summed E-state index contributed by atoms with van der Waals surface area (Å²) in [7, 11) is -1.65. The Morgan fingerprint density at radius 1 is 1.25 bits per heavy atom. The molecule has 0 N–H and O–H groups in total. The fraction of sp³-hybridized carbons (Fsp3) is 0.529. The van der Waals surface area contributed by atoms with E-state index in [2.05, 4.69) is 52.6 Å². The highest BCUT2D eigenvalue weighted by atomic mass is 35.5. The molecule has 0 fully saturated rings. The number of rotatable bonds is 6. The third kappa shape index (κ3) is 4.76. The molecule has 0 aliphatic rings. The van der Waals surface area contributed by atoms with Gasteiger partial charge in [0.05, 0.1) is 0 Å². The standard InChI is InChI=1S/C17H27ClOSi/c1-7-14(15-8-10-16(18)11-9-15)12-13-19-20(5,6)17(2,3)4/h7-11,14H,1,12-13H2,2-6H3. The van der Waals surface area contributed by atoms with Crippen LogP contribution in [0.5, 0.6) is 0 Å². The fourth-order valence-corrected chi connectivity index (χ4v) is 2.98. The van der Waals surface area contributed by atoms with Crippen LogP contribution in [0.4, 0.5) is 0 Å². The summed E-state index contributed by atoms with van der Waals surface area (Å²) in [5, 5.41) is 1.03. The molecule has 0 aliphatic carbocycles. The predicted octanol–water partition coefficient (Wildman–Crippen LogP) is 6.02. The first kappa shape index (κ1) is 17.5. The SMILES string of the molecule is C=CC(CCO[Si](C)(C)C(C)(C)C)c1ccc(Cl)cc1. The predicted molar refractivity (Wildman–Crippen MR) is 92.2 cm³/mol. The minimum atomic E-state index is -1.65. The molecular weight excluding hydrogens is 284 g/mol. The molecule has 0 aliphatic heterocycles. The van der Waals surface area contributed by atoms with Crippen molar-refractivity contribution in [3.63, 3.8) is 0 Å². The molecule has 112 valence electrons. The van der Waals surface area contributed by atoms with E-state index in [1.165, 1.54) is 5.56 Å². The molecular formula is C17H27ClOSi. The van der Waals surface area contributed by atoms with Crippen LogP contribution in [0.15, 0.2) is 36.9 Å². The summed E-state index contributed by atoms with van der Waals surface area (Å²) in [5.74, 6) is 0.331. The largest absolute Gasteiger partial charge is 0.417 e. The van der Waals surface area contributed by atoms with Gasteiger partial charge in [0.1, 0.15) is 0 Å². The van der Waals surface area contributed by atoms with E-state index in [1.807, 2.05) is 18.2 Å². The van der Waals surface area contributed by atoms with E-state index in [0.717, 1.165) is 18.1 Å². The molecule has 3 heteroatoms. The highest BCUT2D eigenvalue weighted by Crippen LogP contribution is 2.37. The van der Waals surface area contributed by atoms with Crippen LogP contribution in [-0.2, 0) is 4.43 Å². The van der Waals surface area contributed by atoms with Crippen LogP contribution in [0.3, 0.4) is 0 Å². The summed E-state index contributed by atoms with van der Waals surface area (Å²) < 4.78 is 6.24. The second-order valence-corrected chi connectivity index (χ2v) is 12.0. The van der Waals surface area contributed by atoms with E-state index in [9.17, 15) is 0 Å². The summed E-state index contributed by atoms with van der Waals surface area (Å²) in [4.78, 5) is 0. The molecule has 0 heterocycles. The van der Waals surface area contributed by atoms with Gasteiger partial charge in [0.2, 0.25) is 0 Å². The molecule has 1 nitrogen and oxygen atoms in total. The van der Waals surface area contributed by atoms with E-state index < -0.39 is 8.32 Å². The molecule has 0 amide bonds. The second kappa shape index (κ2) is 6.93. The number of halogens is 1. The maximum atomic E-state index is 6.24. The van der Waals surface area contributed by atoms with Gasteiger partial charge in [-0.15, -0.1) is 6.58 Å². The summed E-state index contributed by atoms with van der Waals surface area (Å²) >= 11 is 5.93. The zero-order valence-corrected chi connectivity index (χ0v) is 15.1. The van der Waals surface area contributed by atoms with Gasteiger partial charge in [-0.05, 0) is 42.2 Å². The Morgan fingerprint density at radius 3 is 2.25 bits per heavy atom. The normalized spacial score (nSPS) is 14.1. The first-order valence-electron chi connectivity index (χ1n) is 7.19. The van der Waals surface area contributed by atoms with Crippen LogP contribution in [0.2, 0.25) is 23.2 Å². The molecule has 1 aromatic rings. The van der Waals surface area contributed by atoms with Crippen LogP contribution in [0.25, 0.3) is 0 Å². The summed E-state index contributed by atoms with van der Waals surface area (Å²) in [6.45, 7) is 16.1. The number of benzene rings is 1. The van der Waals surface area contributed by atoms with Gasteiger partial charge >= 0.3 is 0 Å². The van der Waals surface area contributed by atoms with Gasteiger partial charge in [0, 0.05) is 17.5 Å². The van der Waals surface area contributed by atoms with Crippen LogP contribution < -0.4 is 0 Å². The van der Waals surface area contributed by atoms with Crippen LogP contribution in [0, 0.1) is 0 Å². The highest BCUT2D eigenvalue weighted by Gasteiger charge is 2.36. The van der Waals surface area contributed by atoms with Crippen LogP contribution in [0.1, 0.15) is 38.7 Å². The lowest BCUT2D eigenvalue weighted by molar-refractivity contribution is 0.277. The van der Waals surface area contributed by atoms with Crippen molar-refractivity contribution < 1.29 is 4.43 Å². The van der Waals surface area contributed by atoms with Crippen molar-refractivity contribution in [2.75, 3.05) is 6.61 Å². The van der Waals surface area contributed by atoms with Gasteiger partial charge < -0.3 is 4.43 Å². The smallest absolute Gasteiger partial charge is 0.191 e.